The molecule has 0 aliphatic carbocycles. The molecule has 1 amide bonds. The van der Waals surface area contributed by atoms with Crippen molar-refractivity contribution in [2.75, 3.05) is 26.1 Å². The van der Waals surface area contributed by atoms with Gasteiger partial charge in [-0.2, -0.15) is 4.39 Å². The topological polar surface area (TPSA) is 101 Å². The van der Waals surface area contributed by atoms with Crippen LogP contribution in [0.25, 0.3) is 0 Å². The molecule has 1 aromatic heterocycles. The maximum absolute atomic E-state index is 12.5. The summed E-state index contributed by atoms with van der Waals surface area (Å²) in [6.07, 6.45) is 3.35. The summed E-state index contributed by atoms with van der Waals surface area (Å²) >= 11 is 0. The molecule has 0 saturated carbocycles. The van der Waals surface area contributed by atoms with Gasteiger partial charge in [0.1, 0.15) is 6.10 Å². The van der Waals surface area contributed by atoms with Crippen molar-refractivity contribution >= 4 is 11.6 Å². The van der Waals surface area contributed by atoms with Crippen LogP contribution in [0.4, 0.5) is 14.5 Å². The van der Waals surface area contributed by atoms with Crippen LogP contribution in [0.15, 0.2) is 36.5 Å². The number of nitrogens with zero attached hydrogens (tertiary/aromatic N) is 1. The lowest BCUT2D eigenvalue weighted by Gasteiger charge is -2.18. The molecular weight excluding hydrogens is 410 g/mol. The van der Waals surface area contributed by atoms with E-state index in [2.05, 4.69) is 15.0 Å². The fraction of sp³-hybridized carbons (Fsp3) is 0.455. The summed E-state index contributed by atoms with van der Waals surface area (Å²) in [6, 6.07) is 7.29. The number of nitrogens with one attached hydrogen (secondary N) is 1. The predicted octanol–water partition coefficient (Wildman–Crippen LogP) is 3.09. The SMILES string of the molecule is CC1(C)CCC(C(=O)Nc2ccnc(CCO)c2)O1.CO.COc1cccc(F)c1F. The van der Waals surface area contributed by atoms with Crippen LogP contribution in [0.2, 0.25) is 0 Å². The zero-order chi connectivity index (χ0) is 23.4. The van der Waals surface area contributed by atoms with E-state index < -0.39 is 11.6 Å². The maximum Gasteiger partial charge on any atom is 0.253 e. The molecular formula is C22H30F2N2O5. The van der Waals surface area contributed by atoms with Gasteiger partial charge in [0.2, 0.25) is 5.82 Å². The number of aliphatic hydroxyl groups excluding tert-OH is 2. The van der Waals surface area contributed by atoms with E-state index >= 15 is 0 Å². The predicted molar refractivity (Wildman–Crippen MR) is 113 cm³/mol. The first kappa shape index (κ1) is 26.4. The zero-order valence-electron chi connectivity index (χ0n) is 18.2. The highest BCUT2D eigenvalue weighted by molar-refractivity contribution is 5.94. The molecule has 1 aromatic carbocycles. The van der Waals surface area contributed by atoms with Crippen LogP contribution in [-0.2, 0) is 16.0 Å². The molecule has 3 N–H and O–H groups in total. The minimum Gasteiger partial charge on any atom is -0.494 e. The Bertz CT molecular complexity index is 833. The molecule has 1 aliphatic heterocycles. The van der Waals surface area contributed by atoms with Gasteiger partial charge in [0.25, 0.3) is 5.91 Å². The van der Waals surface area contributed by atoms with E-state index in [0.717, 1.165) is 31.7 Å². The van der Waals surface area contributed by atoms with Crippen molar-refractivity contribution < 1.29 is 33.3 Å². The number of hydrogen-bond donors (Lipinski definition) is 3. The summed E-state index contributed by atoms with van der Waals surface area (Å²) in [4.78, 5) is 16.2. The number of methoxy groups -OCH3 is 1. The molecule has 1 unspecified atom stereocenters. The second-order valence-electron chi connectivity index (χ2n) is 7.16. The average molecular weight is 440 g/mol. The molecule has 7 nitrogen and oxygen atoms in total. The van der Waals surface area contributed by atoms with Crippen LogP contribution in [-0.4, -0.2) is 53.6 Å². The Morgan fingerprint density at radius 1 is 1.32 bits per heavy atom. The van der Waals surface area contributed by atoms with Crippen LogP contribution < -0.4 is 10.1 Å². The lowest BCUT2D eigenvalue weighted by atomic mass is 10.1. The first-order valence-corrected chi connectivity index (χ1v) is 9.73. The summed E-state index contributed by atoms with van der Waals surface area (Å²) in [5.74, 6) is -2.02. The van der Waals surface area contributed by atoms with Crippen LogP contribution in [0, 0.1) is 11.6 Å². The van der Waals surface area contributed by atoms with Crippen molar-refractivity contribution in [3.8, 4) is 5.75 Å². The van der Waals surface area contributed by atoms with Gasteiger partial charge in [0.05, 0.1) is 12.7 Å². The third-order valence-corrected chi connectivity index (χ3v) is 4.35. The summed E-state index contributed by atoms with van der Waals surface area (Å²) in [5.41, 5.74) is 1.23. The summed E-state index contributed by atoms with van der Waals surface area (Å²) < 4.78 is 35.0. The van der Waals surface area contributed by atoms with Crippen LogP contribution in [0.3, 0.4) is 0 Å². The summed E-state index contributed by atoms with van der Waals surface area (Å²) in [6.45, 7) is 4.03. The van der Waals surface area contributed by atoms with Crippen LogP contribution in [0.5, 0.6) is 5.75 Å². The van der Waals surface area contributed by atoms with E-state index in [9.17, 15) is 13.6 Å². The number of ether oxygens (including phenoxy) is 2. The first-order valence-electron chi connectivity index (χ1n) is 9.73. The minimum atomic E-state index is -0.940. The fourth-order valence-electron chi connectivity index (χ4n) is 2.84. The van der Waals surface area contributed by atoms with Gasteiger partial charge < -0.3 is 25.0 Å². The van der Waals surface area contributed by atoms with Gasteiger partial charge in [0, 0.05) is 37.7 Å². The lowest BCUT2D eigenvalue weighted by molar-refractivity contribution is -0.129. The number of rotatable bonds is 5. The molecule has 1 saturated heterocycles. The van der Waals surface area contributed by atoms with E-state index in [1.807, 2.05) is 13.8 Å². The van der Waals surface area contributed by atoms with Crippen molar-refractivity contribution in [2.45, 2.75) is 44.8 Å². The number of hydrogen-bond acceptors (Lipinski definition) is 6. The Kier molecular flexibility index (Phi) is 11.0. The number of aromatic nitrogens is 1. The molecule has 2 heterocycles. The number of halogens is 2. The van der Waals surface area contributed by atoms with Crippen molar-refractivity contribution in [3.63, 3.8) is 0 Å². The van der Waals surface area contributed by atoms with Gasteiger partial charge in [-0.3, -0.25) is 9.78 Å². The molecule has 2 aromatic rings. The van der Waals surface area contributed by atoms with E-state index in [0.29, 0.717) is 12.1 Å². The van der Waals surface area contributed by atoms with E-state index in [1.165, 1.54) is 19.2 Å². The largest absolute Gasteiger partial charge is 0.494 e. The van der Waals surface area contributed by atoms with Crippen molar-refractivity contribution in [2.24, 2.45) is 0 Å². The van der Waals surface area contributed by atoms with Gasteiger partial charge in [-0.25, -0.2) is 4.39 Å². The fourth-order valence-corrected chi connectivity index (χ4v) is 2.84. The van der Waals surface area contributed by atoms with Gasteiger partial charge in [-0.1, -0.05) is 6.07 Å². The quantitative estimate of drug-likeness (QED) is 0.661. The molecule has 0 spiro atoms. The standard InChI is InChI=1S/C14H20N2O3.C7H6F2O.CH4O/c1-14(2)6-3-12(19-14)13(18)16-11-4-7-15-10(9-11)5-8-17;1-10-6-4-2-3-5(8)7(6)9;1-2/h4,7,9,12,17H,3,5-6,8H2,1-2H3,(H,15,16,18);2-4H,1H3;2H,1H3. The Hall–Kier alpha value is -2.62. The van der Waals surface area contributed by atoms with E-state index in [-0.39, 0.29) is 30.0 Å². The monoisotopic (exact) mass is 440 g/mol. The smallest absolute Gasteiger partial charge is 0.253 e. The molecule has 3 rings (SSSR count). The second kappa shape index (κ2) is 12.9. The van der Waals surface area contributed by atoms with Crippen molar-refractivity contribution in [1.82, 2.24) is 4.98 Å². The van der Waals surface area contributed by atoms with Gasteiger partial charge in [-0.05, 0) is 51.0 Å². The highest BCUT2D eigenvalue weighted by atomic mass is 19.2. The van der Waals surface area contributed by atoms with Gasteiger partial charge >= 0.3 is 0 Å². The Balaban J connectivity index is 0.000000337. The Morgan fingerprint density at radius 2 is 2.03 bits per heavy atom. The number of amides is 1. The lowest BCUT2D eigenvalue weighted by Crippen LogP contribution is -2.30. The summed E-state index contributed by atoms with van der Waals surface area (Å²) in [7, 11) is 2.29. The minimum absolute atomic E-state index is 0.0460. The first-order chi connectivity index (χ1) is 14.8. The third-order valence-electron chi connectivity index (χ3n) is 4.35. The highest BCUT2D eigenvalue weighted by Crippen LogP contribution is 2.30. The van der Waals surface area contributed by atoms with Crippen LogP contribution in [0.1, 0.15) is 32.4 Å². The third kappa shape index (κ3) is 8.56. The number of carbonyl (C=O) groups is 1. The number of aliphatic hydroxyl groups is 2. The Labute approximate surface area is 181 Å². The van der Waals surface area contributed by atoms with E-state index in [1.54, 1.807) is 18.3 Å². The van der Waals surface area contributed by atoms with Crippen molar-refractivity contribution in [3.05, 3.63) is 53.9 Å². The molecule has 1 aliphatic rings. The molecule has 1 atom stereocenters. The van der Waals surface area contributed by atoms with Gasteiger partial charge in [-0.15, -0.1) is 0 Å². The second-order valence-corrected chi connectivity index (χ2v) is 7.16. The van der Waals surface area contributed by atoms with Gasteiger partial charge in [0.15, 0.2) is 11.6 Å². The molecule has 1 fully saturated rings. The number of benzene rings is 1. The number of anilines is 1. The molecule has 0 bridgehead atoms. The molecule has 31 heavy (non-hydrogen) atoms. The highest BCUT2D eigenvalue weighted by Gasteiger charge is 2.35. The average Bonchev–Trinajstić information content (AvgIpc) is 3.12. The maximum atomic E-state index is 12.5. The molecule has 172 valence electrons. The Morgan fingerprint density at radius 3 is 2.58 bits per heavy atom. The number of pyridine rings is 1. The zero-order valence-corrected chi connectivity index (χ0v) is 18.2. The normalized spacial score (nSPS) is 16.3. The summed E-state index contributed by atoms with van der Waals surface area (Å²) in [5, 5.41) is 18.7. The number of carbonyl (C=O) groups excluding carboxylic acids is 1. The van der Waals surface area contributed by atoms with Crippen LogP contribution >= 0.6 is 0 Å². The van der Waals surface area contributed by atoms with E-state index in [4.69, 9.17) is 14.9 Å². The molecule has 9 heteroatoms. The molecule has 0 radical (unpaired) electrons. The van der Waals surface area contributed by atoms with Crippen molar-refractivity contribution in [1.29, 1.82) is 0 Å².